The minimum atomic E-state index is -0.242. The molecule has 2 aromatic heterocycles. The van der Waals surface area contributed by atoms with Crippen LogP contribution in [0.2, 0.25) is 4.34 Å². The summed E-state index contributed by atoms with van der Waals surface area (Å²) in [4.78, 5) is 16.7. The molecule has 0 aliphatic heterocycles. The Balaban J connectivity index is 2.08. The monoisotopic (exact) mass is 287 g/mol. The van der Waals surface area contributed by atoms with Gasteiger partial charge < -0.3 is 4.74 Å². The van der Waals surface area contributed by atoms with Crippen LogP contribution in [0, 0.1) is 0 Å². The fourth-order valence-electron chi connectivity index (χ4n) is 1.29. The zero-order chi connectivity index (χ0) is 12.3. The summed E-state index contributed by atoms with van der Waals surface area (Å²) >= 11 is 8.85. The second-order valence-electron chi connectivity index (χ2n) is 3.23. The van der Waals surface area contributed by atoms with E-state index in [0.717, 1.165) is 19.9 Å². The van der Waals surface area contributed by atoms with Crippen LogP contribution in [0.1, 0.15) is 12.6 Å². The van der Waals surface area contributed by atoms with E-state index in [1.54, 1.807) is 6.92 Å². The highest BCUT2D eigenvalue weighted by Gasteiger charge is 2.10. The lowest BCUT2D eigenvalue weighted by molar-refractivity contribution is -0.142. The molecule has 3 nitrogen and oxygen atoms in total. The van der Waals surface area contributed by atoms with Crippen molar-refractivity contribution in [3.05, 3.63) is 27.5 Å². The number of ether oxygens (including phenoxy) is 1. The van der Waals surface area contributed by atoms with E-state index in [2.05, 4.69) is 4.98 Å². The van der Waals surface area contributed by atoms with Crippen LogP contribution in [0.4, 0.5) is 0 Å². The van der Waals surface area contributed by atoms with Gasteiger partial charge in [-0.2, -0.15) is 0 Å². The number of aromatic nitrogens is 1. The molecule has 0 aromatic carbocycles. The standard InChI is InChI=1S/C11H10ClNO2S2/c1-2-15-10(14)5-7-6-16-11(13-7)8-3-4-9(12)17-8/h3-4,6H,2,5H2,1H3. The summed E-state index contributed by atoms with van der Waals surface area (Å²) in [5.41, 5.74) is 0.743. The van der Waals surface area contributed by atoms with Crippen LogP contribution >= 0.6 is 34.3 Å². The molecule has 0 amide bonds. The van der Waals surface area contributed by atoms with E-state index in [4.69, 9.17) is 16.3 Å². The number of hydrogen-bond acceptors (Lipinski definition) is 5. The number of halogens is 1. The summed E-state index contributed by atoms with van der Waals surface area (Å²) < 4.78 is 5.61. The number of carbonyl (C=O) groups excluding carboxylic acids is 1. The van der Waals surface area contributed by atoms with E-state index in [0.29, 0.717) is 6.61 Å². The zero-order valence-corrected chi connectivity index (χ0v) is 11.5. The van der Waals surface area contributed by atoms with Crippen molar-refractivity contribution in [3.8, 4) is 9.88 Å². The fourth-order valence-corrected chi connectivity index (χ4v) is 3.23. The number of thiophene rings is 1. The van der Waals surface area contributed by atoms with Crippen LogP contribution in [-0.4, -0.2) is 17.6 Å². The van der Waals surface area contributed by atoms with Crippen molar-refractivity contribution in [3.63, 3.8) is 0 Å². The predicted molar refractivity (Wildman–Crippen MR) is 70.8 cm³/mol. The van der Waals surface area contributed by atoms with Crippen molar-refractivity contribution in [1.29, 1.82) is 0 Å². The average molecular weight is 288 g/mol. The lowest BCUT2D eigenvalue weighted by Gasteiger charge is -1.97. The second-order valence-corrected chi connectivity index (χ2v) is 5.80. The first-order valence-electron chi connectivity index (χ1n) is 5.04. The number of nitrogens with zero attached hydrogens (tertiary/aromatic N) is 1. The van der Waals surface area contributed by atoms with E-state index < -0.39 is 0 Å². The van der Waals surface area contributed by atoms with Crippen molar-refractivity contribution in [2.24, 2.45) is 0 Å². The predicted octanol–water partition coefficient (Wildman–Crippen LogP) is 3.63. The Bertz CT molecular complexity index is 521. The Morgan fingerprint density at radius 1 is 1.53 bits per heavy atom. The summed E-state index contributed by atoms with van der Waals surface area (Å²) in [6.07, 6.45) is 0.226. The molecule has 0 saturated carbocycles. The van der Waals surface area contributed by atoms with Gasteiger partial charge in [-0.15, -0.1) is 22.7 Å². The van der Waals surface area contributed by atoms with Crippen molar-refractivity contribution < 1.29 is 9.53 Å². The molecule has 0 fully saturated rings. The van der Waals surface area contributed by atoms with Gasteiger partial charge in [0.2, 0.25) is 0 Å². The quantitative estimate of drug-likeness (QED) is 0.806. The highest BCUT2D eigenvalue weighted by Crippen LogP contribution is 2.32. The Morgan fingerprint density at radius 2 is 2.35 bits per heavy atom. The van der Waals surface area contributed by atoms with Crippen LogP contribution in [0.5, 0.6) is 0 Å². The van der Waals surface area contributed by atoms with Crippen LogP contribution in [0.25, 0.3) is 9.88 Å². The van der Waals surface area contributed by atoms with Crippen LogP contribution in [0.3, 0.4) is 0 Å². The molecule has 17 heavy (non-hydrogen) atoms. The van der Waals surface area contributed by atoms with Gasteiger partial charge in [-0.25, -0.2) is 4.98 Å². The highest BCUT2D eigenvalue weighted by atomic mass is 35.5. The van der Waals surface area contributed by atoms with Gasteiger partial charge in [0.05, 0.1) is 27.9 Å². The van der Waals surface area contributed by atoms with Gasteiger partial charge in [-0.05, 0) is 19.1 Å². The van der Waals surface area contributed by atoms with E-state index >= 15 is 0 Å². The minimum Gasteiger partial charge on any atom is -0.466 e. The summed E-state index contributed by atoms with van der Waals surface area (Å²) in [6.45, 7) is 2.19. The third-order valence-corrected chi connectivity index (χ3v) is 4.26. The lowest BCUT2D eigenvalue weighted by atomic mass is 10.3. The molecule has 2 aromatic rings. The maximum absolute atomic E-state index is 11.3. The fraction of sp³-hybridized carbons (Fsp3) is 0.273. The first-order valence-corrected chi connectivity index (χ1v) is 7.12. The van der Waals surface area contributed by atoms with Gasteiger partial charge in [0.1, 0.15) is 5.01 Å². The van der Waals surface area contributed by atoms with Crippen molar-refractivity contribution >= 4 is 40.2 Å². The van der Waals surface area contributed by atoms with Gasteiger partial charge in [-0.3, -0.25) is 4.79 Å². The van der Waals surface area contributed by atoms with Gasteiger partial charge in [0.15, 0.2) is 0 Å². The Kier molecular flexibility index (Phi) is 4.15. The van der Waals surface area contributed by atoms with Crippen molar-refractivity contribution in [2.45, 2.75) is 13.3 Å². The van der Waals surface area contributed by atoms with E-state index in [1.165, 1.54) is 22.7 Å². The second kappa shape index (κ2) is 5.62. The third-order valence-electron chi connectivity index (χ3n) is 1.97. The highest BCUT2D eigenvalue weighted by molar-refractivity contribution is 7.23. The first kappa shape index (κ1) is 12.5. The normalized spacial score (nSPS) is 10.5. The maximum atomic E-state index is 11.3. The molecule has 0 aliphatic carbocycles. The smallest absolute Gasteiger partial charge is 0.311 e. The molecule has 2 heterocycles. The SMILES string of the molecule is CCOC(=O)Cc1csc(-c2ccc(Cl)s2)n1. The molecule has 0 saturated heterocycles. The van der Waals surface area contributed by atoms with Gasteiger partial charge in [-0.1, -0.05) is 11.6 Å². The molecule has 90 valence electrons. The maximum Gasteiger partial charge on any atom is 0.311 e. The molecule has 0 N–H and O–H groups in total. The Hall–Kier alpha value is -0.910. The number of rotatable bonds is 4. The Labute approximate surface area is 112 Å². The molecule has 6 heteroatoms. The molecular formula is C11H10ClNO2S2. The molecular weight excluding hydrogens is 278 g/mol. The molecule has 2 rings (SSSR count). The molecule has 0 bridgehead atoms. The Morgan fingerprint density at radius 3 is 3.00 bits per heavy atom. The number of carbonyl (C=O) groups is 1. The summed E-state index contributed by atoms with van der Waals surface area (Å²) in [5, 5.41) is 2.76. The largest absolute Gasteiger partial charge is 0.466 e. The van der Waals surface area contributed by atoms with Gasteiger partial charge in [0.25, 0.3) is 0 Å². The third kappa shape index (κ3) is 3.28. The molecule has 0 aliphatic rings. The average Bonchev–Trinajstić information content (AvgIpc) is 2.87. The van der Waals surface area contributed by atoms with Crippen molar-refractivity contribution in [1.82, 2.24) is 4.98 Å². The minimum absolute atomic E-state index is 0.226. The number of thiazole rings is 1. The summed E-state index contributed by atoms with van der Waals surface area (Å²) in [7, 11) is 0. The van der Waals surface area contributed by atoms with Gasteiger partial charge >= 0.3 is 5.97 Å². The van der Waals surface area contributed by atoms with Crippen LogP contribution in [-0.2, 0) is 16.0 Å². The number of hydrogen-bond donors (Lipinski definition) is 0. The van der Waals surface area contributed by atoms with E-state index in [-0.39, 0.29) is 12.4 Å². The van der Waals surface area contributed by atoms with Crippen molar-refractivity contribution in [2.75, 3.05) is 6.61 Å². The van der Waals surface area contributed by atoms with E-state index in [1.807, 2.05) is 17.5 Å². The molecule has 0 spiro atoms. The molecule has 0 atom stereocenters. The lowest BCUT2D eigenvalue weighted by Crippen LogP contribution is -2.07. The van der Waals surface area contributed by atoms with Crippen LogP contribution < -0.4 is 0 Å². The molecule has 0 radical (unpaired) electrons. The first-order chi connectivity index (χ1) is 8.19. The molecule has 0 unspecified atom stereocenters. The number of esters is 1. The zero-order valence-electron chi connectivity index (χ0n) is 9.10. The van der Waals surface area contributed by atoms with E-state index in [9.17, 15) is 4.79 Å². The van der Waals surface area contributed by atoms with Gasteiger partial charge in [0, 0.05) is 5.38 Å². The summed E-state index contributed by atoms with van der Waals surface area (Å²) in [6, 6.07) is 3.77. The topological polar surface area (TPSA) is 39.2 Å². The van der Waals surface area contributed by atoms with Crippen LogP contribution in [0.15, 0.2) is 17.5 Å². The summed E-state index contributed by atoms with van der Waals surface area (Å²) in [5.74, 6) is -0.242.